The molecule has 0 saturated carbocycles. The van der Waals surface area contributed by atoms with Crippen LogP contribution in [0.5, 0.6) is 0 Å². The predicted molar refractivity (Wildman–Crippen MR) is 74.6 cm³/mol. The lowest BCUT2D eigenvalue weighted by atomic mass is 9.95. The Morgan fingerprint density at radius 1 is 1.16 bits per heavy atom. The number of nitrogens with one attached hydrogen (secondary N) is 2. The Hall–Kier alpha value is -0.620. The maximum absolute atomic E-state index is 12.0. The minimum absolute atomic E-state index is 0.166. The summed E-state index contributed by atoms with van der Waals surface area (Å²) in [5, 5.41) is 5.33. The molecule has 2 fully saturated rings. The highest BCUT2D eigenvalue weighted by molar-refractivity contribution is 7.92. The second kappa shape index (κ2) is 6.70. The van der Waals surface area contributed by atoms with Crippen molar-refractivity contribution in [3.05, 3.63) is 0 Å². The van der Waals surface area contributed by atoms with Crippen LogP contribution >= 0.6 is 0 Å². The molecule has 0 aromatic rings. The van der Waals surface area contributed by atoms with Crippen molar-refractivity contribution >= 4 is 15.7 Å². The van der Waals surface area contributed by atoms with E-state index in [1.165, 1.54) is 0 Å². The molecule has 0 radical (unpaired) electrons. The van der Waals surface area contributed by atoms with Crippen molar-refractivity contribution in [3.8, 4) is 0 Å². The van der Waals surface area contributed by atoms with Crippen LogP contribution in [0, 0.1) is 5.92 Å². The molecule has 2 saturated heterocycles. The molecule has 5 nitrogen and oxygen atoms in total. The van der Waals surface area contributed by atoms with Gasteiger partial charge in [-0.25, -0.2) is 8.42 Å². The SMILES string of the molecule is O=C(NCCC1CCNCC1)C1CCCCS1(=O)=O. The summed E-state index contributed by atoms with van der Waals surface area (Å²) in [7, 11) is -3.20. The smallest absolute Gasteiger partial charge is 0.238 e. The molecule has 2 rings (SSSR count). The summed E-state index contributed by atoms with van der Waals surface area (Å²) in [6.45, 7) is 2.71. The third-order valence-corrected chi connectivity index (χ3v) is 6.36. The number of sulfone groups is 1. The Morgan fingerprint density at radius 2 is 1.89 bits per heavy atom. The number of carbonyl (C=O) groups excluding carboxylic acids is 1. The van der Waals surface area contributed by atoms with Gasteiger partial charge in [0.05, 0.1) is 5.75 Å². The molecule has 0 aromatic heterocycles. The standard InChI is InChI=1S/C13H24N2O3S/c16-13(12-3-1-2-10-19(12,17)18)15-9-6-11-4-7-14-8-5-11/h11-12,14H,1-10H2,(H,15,16). The Kier molecular flexibility index (Phi) is 5.21. The predicted octanol–water partition coefficient (Wildman–Crippen LogP) is 0.460. The quantitative estimate of drug-likeness (QED) is 0.788. The highest BCUT2D eigenvalue weighted by Gasteiger charge is 2.34. The molecule has 1 atom stereocenters. The molecule has 0 aromatic carbocycles. The summed E-state index contributed by atoms with van der Waals surface area (Å²) in [6, 6.07) is 0. The average Bonchev–Trinajstić information content (AvgIpc) is 2.39. The highest BCUT2D eigenvalue weighted by Crippen LogP contribution is 2.20. The fourth-order valence-corrected chi connectivity index (χ4v) is 4.76. The molecule has 19 heavy (non-hydrogen) atoms. The van der Waals surface area contributed by atoms with Crippen LogP contribution in [0.25, 0.3) is 0 Å². The van der Waals surface area contributed by atoms with Crippen molar-refractivity contribution in [1.29, 1.82) is 0 Å². The number of hydrogen-bond donors (Lipinski definition) is 2. The van der Waals surface area contributed by atoms with Gasteiger partial charge in [0, 0.05) is 6.54 Å². The van der Waals surface area contributed by atoms with Crippen molar-refractivity contribution in [3.63, 3.8) is 0 Å². The van der Waals surface area contributed by atoms with Gasteiger partial charge in [0.1, 0.15) is 5.25 Å². The van der Waals surface area contributed by atoms with Crippen LogP contribution in [0.15, 0.2) is 0 Å². The molecule has 0 bridgehead atoms. The van der Waals surface area contributed by atoms with Crippen molar-refractivity contribution < 1.29 is 13.2 Å². The lowest BCUT2D eigenvalue weighted by Crippen LogP contribution is -2.43. The zero-order valence-electron chi connectivity index (χ0n) is 11.4. The van der Waals surface area contributed by atoms with Crippen LogP contribution in [-0.4, -0.2) is 45.0 Å². The molecule has 2 N–H and O–H groups in total. The first-order chi connectivity index (χ1) is 9.09. The van der Waals surface area contributed by atoms with E-state index in [4.69, 9.17) is 0 Å². The topological polar surface area (TPSA) is 75.3 Å². The summed E-state index contributed by atoms with van der Waals surface area (Å²) < 4.78 is 23.6. The Balaban J connectivity index is 1.74. The van der Waals surface area contributed by atoms with E-state index >= 15 is 0 Å². The summed E-state index contributed by atoms with van der Waals surface area (Å²) in [4.78, 5) is 12.0. The van der Waals surface area contributed by atoms with Gasteiger partial charge < -0.3 is 10.6 Å². The van der Waals surface area contributed by atoms with Gasteiger partial charge in [0.15, 0.2) is 9.84 Å². The number of carbonyl (C=O) groups is 1. The van der Waals surface area contributed by atoms with Gasteiger partial charge in [-0.15, -0.1) is 0 Å². The van der Waals surface area contributed by atoms with Gasteiger partial charge >= 0.3 is 0 Å². The van der Waals surface area contributed by atoms with E-state index in [0.29, 0.717) is 25.3 Å². The Morgan fingerprint density at radius 3 is 2.58 bits per heavy atom. The number of rotatable bonds is 4. The molecule has 1 unspecified atom stereocenters. The molecular formula is C13H24N2O3S. The Labute approximate surface area is 115 Å². The van der Waals surface area contributed by atoms with E-state index < -0.39 is 15.1 Å². The zero-order chi connectivity index (χ0) is 13.7. The van der Waals surface area contributed by atoms with Gasteiger partial charge in [0.25, 0.3) is 0 Å². The molecule has 0 spiro atoms. The van der Waals surface area contributed by atoms with Crippen LogP contribution in [0.1, 0.15) is 38.5 Å². The molecule has 1 amide bonds. The monoisotopic (exact) mass is 288 g/mol. The van der Waals surface area contributed by atoms with Crippen LogP contribution in [-0.2, 0) is 14.6 Å². The van der Waals surface area contributed by atoms with Crippen LogP contribution < -0.4 is 10.6 Å². The molecular weight excluding hydrogens is 264 g/mol. The molecule has 2 heterocycles. The van der Waals surface area contributed by atoms with Gasteiger partial charge in [-0.3, -0.25) is 4.79 Å². The van der Waals surface area contributed by atoms with E-state index in [0.717, 1.165) is 38.8 Å². The van der Waals surface area contributed by atoms with E-state index in [2.05, 4.69) is 10.6 Å². The lowest BCUT2D eigenvalue weighted by molar-refractivity contribution is -0.120. The molecule has 0 aliphatic carbocycles. The number of piperidine rings is 1. The van der Waals surface area contributed by atoms with Gasteiger partial charge in [-0.1, -0.05) is 6.42 Å². The Bertz CT molecular complexity index is 402. The maximum Gasteiger partial charge on any atom is 0.238 e. The third-order valence-electron chi connectivity index (χ3n) is 4.18. The average molecular weight is 288 g/mol. The summed E-state index contributed by atoms with van der Waals surface area (Å²) in [5.41, 5.74) is 0. The van der Waals surface area contributed by atoms with Crippen LogP contribution in [0.4, 0.5) is 0 Å². The largest absolute Gasteiger partial charge is 0.355 e. The van der Waals surface area contributed by atoms with Gasteiger partial charge in [-0.2, -0.15) is 0 Å². The summed E-state index contributed by atoms with van der Waals surface area (Å²) >= 11 is 0. The number of amides is 1. The zero-order valence-corrected chi connectivity index (χ0v) is 12.2. The number of hydrogen-bond acceptors (Lipinski definition) is 4. The van der Waals surface area contributed by atoms with Crippen molar-refractivity contribution in [2.24, 2.45) is 5.92 Å². The second-order valence-electron chi connectivity index (χ2n) is 5.62. The molecule has 2 aliphatic rings. The van der Waals surface area contributed by atoms with Crippen LogP contribution in [0.3, 0.4) is 0 Å². The minimum Gasteiger partial charge on any atom is -0.355 e. The second-order valence-corrected chi connectivity index (χ2v) is 7.93. The molecule has 110 valence electrons. The maximum atomic E-state index is 12.0. The van der Waals surface area contributed by atoms with Gasteiger partial charge in [0.2, 0.25) is 5.91 Å². The molecule has 6 heteroatoms. The van der Waals surface area contributed by atoms with Crippen molar-refractivity contribution in [1.82, 2.24) is 10.6 Å². The first kappa shape index (κ1) is 14.8. The lowest BCUT2D eigenvalue weighted by Gasteiger charge is -2.24. The van der Waals surface area contributed by atoms with E-state index in [-0.39, 0.29) is 11.7 Å². The summed E-state index contributed by atoms with van der Waals surface area (Å²) in [5.74, 6) is 0.539. The first-order valence-corrected chi connectivity index (χ1v) is 9.01. The first-order valence-electron chi connectivity index (χ1n) is 7.29. The normalized spacial score (nSPS) is 27.9. The van der Waals surface area contributed by atoms with E-state index in [9.17, 15) is 13.2 Å². The minimum atomic E-state index is -3.20. The van der Waals surface area contributed by atoms with Gasteiger partial charge in [-0.05, 0) is 51.1 Å². The third kappa shape index (κ3) is 4.18. The molecule has 2 aliphatic heterocycles. The van der Waals surface area contributed by atoms with Crippen molar-refractivity contribution in [2.75, 3.05) is 25.4 Å². The fourth-order valence-electron chi connectivity index (χ4n) is 2.93. The van der Waals surface area contributed by atoms with Crippen molar-refractivity contribution in [2.45, 2.75) is 43.8 Å². The fraction of sp³-hybridized carbons (Fsp3) is 0.923. The summed E-state index contributed by atoms with van der Waals surface area (Å²) in [6.07, 6.45) is 5.28. The van der Waals surface area contributed by atoms with E-state index in [1.807, 2.05) is 0 Å². The van der Waals surface area contributed by atoms with E-state index in [1.54, 1.807) is 0 Å². The van der Waals surface area contributed by atoms with Crippen LogP contribution in [0.2, 0.25) is 0 Å². The highest BCUT2D eigenvalue weighted by atomic mass is 32.2.